The summed E-state index contributed by atoms with van der Waals surface area (Å²) in [5.41, 5.74) is 1.34. The Kier molecular flexibility index (Phi) is 4.12. The molecule has 0 radical (unpaired) electrons. The van der Waals surface area contributed by atoms with Gasteiger partial charge in [-0.05, 0) is 36.4 Å². The number of benzene rings is 2. The van der Waals surface area contributed by atoms with Gasteiger partial charge >= 0.3 is 0 Å². The lowest BCUT2D eigenvalue weighted by molar-refractivity contribution is 0.0666. The van der Waals surface area contributed by atoms with E-state index < -0.39 is 0 Å². The molecule has 0 unspecified atom stereocenters. The fourth-order valence-corrected chi connectivity index (χ4v) is 2.92. The summed E-state index contributed by atoms with van der Waals surface area (Å²) in [7, 11) is 0. The van der Waals surface area contributed by atoms with Crippen LogP contribution >= 0.6 is 39.1 Å². The van der Waals surface area contributed by atoms with Gasteiger partial charge in [0, 0.05) is 9.50 Å². The van der Waals surface area contributed by atoms with Crippen molar-refractivity contribution < 1.29 is 9.59 Å². The molecule has 4 nitrogen and oxygen atoms in total. The number of carbonyl (C=O) groups is 2. The Hall–Kier alpha value is -1.56. The summed E-state index contributed by atoms with van der Waals surface area (Å²) in [5, 5.41) is 3.94. The monoisotopic (exact) mass is 398 g/mol. The van der Waals surface area contributed by atoms with Crippen LogP contribution in [0.4, 0.5) is 5.69 Å². The molecule has 1 N–H and O–H groups in total. The van der Waals surface area contributed by atoms with Crippen LogP contribution in [-0.4, -0.2) is 23.4 Å². The van der Waals surface area contributed by atoms with Crippen molar-refractivity contribution in [2.75, 3.05) is 12.0 Å². The predicted molar refractivity (Wildman–Crippen MR) is 89.6 cm³/mol. The smallest absolute Gasteiger partial charge is 0.263 e. The van der Waals surface area contributed by atoms with Crippen LogP contribution in [0.3, 0.4) is 0 Å². The second-order valence-electron chi connectivity index (χ2n) is 4.69. The van der Waals surface area contributed by atoms with Gasteiger partial charge in [-0.2, -0.15) is 0 Å². The van der Waals surface area contributed by atoms with Crippen LogP contribution in [0.2, 0.25) is 10.0 Å². The number of fused-ring (bicyclic) bond motifs is 1. The molecule has 0 spiro atoms. The Morgan fingerprint density at radius 1 is 1.00 bits per heavy atom. The van der Waals surface area contributed by atoms with E-state index in [1.807, 2.05) is 0 Å². The van der Waals surface area contributed by atoms with Crippen molar-refractivity contribution in [3.05, 3.63) is 62.0 Å². The highest BCUT2D eigenvalue weighted by Crippen LogP contribution is 2.28. The van der Waals surface area contributed by atoms with Crippen LogP contribution in [0.1, 0.15) is 20.7 Å². The zero-order valence-corrected chi connectivity index (χ0v) is 14.2. The number of hydrogen-bond donors (Lipinski definition) is 1. The predicted octanol–water partition coefficient (Wildman–Crippen LogP) is 4.42. The number of halogens is 3. The molecular formula is C15H9BrCl2N2O2. The minimum absolute atomic E-state index is 0.0179. The third-order valence-corrected chi connectivity index (χ3v) is 4.35. The van der Waals surface area contributed by atoms with Gasteiger partial charge in [-0.25, -0.2) is 0 Å². The number of rotatable bonds is 3. The molecule has 2 amide bonds. The first-order valence-electron chi connectivity index (χ1n) is 6.32. The van der Waals surface area contributed by atoms with Gasteiger partial charge in [0.15, 0.2) is 0 Å². The van der Waals surface area contributed by atoms with E-state index in [0.717, 1.165) is 9.37 Å². The maximum atomic E-state index is 12.3. The normalized spacial score (nSPS) is 13.5. The summed E-state index contributed by atoms with van der Waals surface area (Å²) in [5.74, 6) is -0.676. The van der Waals surface area contributed by atoms with E-state index in [9.17, 15) is 9.59 Å². The fraction of sp³-hybridized carbons (Fsp3) is 0.0667. The quantitative estimate of drug-likeness (QED) is 0.777. The summed E-state index contributed by atoms with van der Waals surface area (Å²) >= 11 is 15.3. The number of nitrogens with one attached hydrogen (secondary N) is 1. The first-order valence-corrected chi connectivity index (χ1v) is 7.87. The first-order chi connectivity index (χ1) is 10.5. The lowest BCUT2D eigenvalue weighted by Gasteiger charge is -2.16. The minimum atomic E-state index is -0.341. The van der Waals surface area contributed by atoms with Crippen molar-refractivity contribution in [3.8, 4) is 0 Å². The Morgan fingerprint density at radius 2 is 1.73 bits per heavy atom. The highest BCUT2D eigenvalue weighted by Gasteiger charge is 2.35. The van der Waals surface area contributed by atoms with Crippen molar-refractivity contribution >= 4 is 56.6 Å². The van der Waals surface area contributed by atoms with E-state index in [2.05, 4.69) is 21.2 Å². The molecule has 2 aromatic rings. The van der Waals surface area contributed by atoms with Crippen molar-refractivity contribution in [1.29, 1.82) is 0 Å². The van der Waals surface area contributed by atoms with Crippen LogP contribution < -0.4 is 5.32 Å². The Bertz CT molecular complexity index is 795. The van der Waals surface area contributed by atoms with Gasteiger partial charge in [0.1, 0.15) is 0 Å². The topological polar surface area (TPSA) is 49.4 Å². The molecular weight excluding hydrogens is 391 g/mol. The van der Waals surface area contributed by atoms with E-state index in [1.54, 1.807) is 36.4 Å². The Labute approximate surface area is 145 Å². The van der Waals surface area contributed by atoms with Crippen molar-refractivity contribution in [2.24, 2.45) is 0 Å². The number of imide groups is 1. The molecule has 112 valence electrons. The average Bonchev–Trinajstić information content (AvgIpc) is 2.72. The molecule has 1 aliphatic rings. The number of hydrogen-bond acceptors (Lipinski definition) is 3. The maximum absolute atomic E-state index is 12.3. The first kappa shape index (κ1) is 15.3. The fourth-order valence-electron chi connectivity index (χ4n) is 2.20. The van der Waals surface area contributed by atoms with Crippen LogP contribution in [0.5, 0.6) is 0 Å². The van der Waals surface area contributed by atoms with Crippen LogP contribution in [-0.2, 0) is 0 Å². The average molecular weight is 400 g/mol. The zero-order chi connectivity index (χ0) is 15.9. The van der Waals surface area contributed by atoms with Gasteiger partial charge in [-0.3, -0.25) is 14.5 Å². The van der Waals surface area contributed by atoms with E-state index in [1.165, 1.54) is 0 Å². The second-order valence-corrected chi connectivity index (χ2v) is 6.45. The van der Waals surface area contributed by atoms with Crippen molar-refractivity contribution in [2.45, 2.75) is 0 Å². The van der Waals surface area contributed by atoms with Gasteiger partial charge < -0.3 is 5.32 Å². The molecule has 1 heterocycles. The Morgan fingerprint density at radius 3 is 2.50 bits per heavy atom. The second kappa shape index (κ2) is 5.91. The number of amides is 2. The zero-order valence-electron chi connectivity index (χ0n) is 11.1. The van der Waals surface area contributed by atoms with Gasteiger partial charge in [-0.1, -0.05) is 39.1 Å². The summed E-state index contributed by atoms with van der Waals surface area (Å²) in [6, 6.07) is 9.95. The van der Waals surface area contributed by atoms with Crippen molar-refractivity contribution in [3.63, 3.8) is 0 Å². The molecule has 0 aliphatic carbocycles. The lowest BCUT2D eigenvalue weighted by Crippen LogP contribution is -2.34. The highest BCUT2D eigenvalue weighted by molar-refractivity contribution is 9.10. The summed E-state index contributed by atoms with van der Waals surface area (Å²) < 4.78 is 0.750. The number of anilines is 1. The van der Waals surface area contributed by atoms with Crippen LogP contribution in [0, 0.1) is 0 Å². The third-order valence-electron chi connectivity index (χ3n) is 3.29. The van der Waals surface area contributed by atoms with Gasteiger partial charge in [0.05, 0.1) is 28.5 Å². The highest BCUT2D eigenvalue weighted by atomic mass is 79.9. The largest absolute Gasteiger partial charge is 0.366 e. The molecule has 1 aliphatic heterocycles. The molecule has 0 fully saturated rings. The molecule has 7 heteroatoms. The Balaban J connectivity index is 1.81. The standard InChI is InChI=1S/C15H9BrCl2N2O2/c16-8-1-3-10-11(5-8)15(22)20(14(10)21)7-19-13-6-9(17)2-4-12(13)18/h1-6,19H,7H2. The number of carbonyl (C=O) groups excluding carboxylic acids is 2. The van der Waals surface area contributed by atoms with Crippen LogP contribution in [0.25, 0.3) is 0 Å². The third kappa shape index (κ3) is 2.72. The van der Waals surface area contributed by atoms with E-state index >= 15 is 0 Å². The van der Waals surface area contributed by atoms with E-state index in [4.69, 9.17) is 23.2 Å². The molecule has 0 saturated heterocycles. The van der Waals surface area contributed by atoms with Crippen LogP contribution in [0.15, 0.2) is 40.9 Å². The SMILES string of the molecule is O=C1c2ccc(Br)cc2C(=O)N1CNc1cc(Cl)ccc1Cl. The summed E-state index contributed by atoms with van der Waals surface area (Å²) in [4.78, 5) is 25.7. The molecule has 0 saturated carbocycles. The van der Waals surface area contributed by atoms with Gasteiger partial charge in [-0.15, -0.1) is 0 Å². The van der Waals surface area contributed by atoms with Gasteiger partial charge in [0.2, 0.25) is 0 Å². The molecule has 0 atom stereocenters. The van der Waals surface area contributed by atoms with Crippen molar-refractivity contribution in [1.82, 2.24) is 4.90 Å². The maximum Gasteiger partial charge on any atom is 0.263 e. The number of nitrogens with zero attached hydrogens (tertiary/aromatic N) is 1. The summed E-state index contributed by atoms with van der Waals surface area (Å²) in [6.45, 7) is 0.0179. The lowest BCUT2D eigenvalue weighted by atomic mass is 10.1. The molecule has 0 aromatic heterocycles. The molecule has 2 aromatic carbocycles. The molecule has 0 bridgehead atoms. The minimum Gasteiger partial charge on any atom is -0.366 e. The van der Waals surface area contributed by atoms with Gasteiger partial charge in [0.25, 0.3) is 11.8 Å². The molecule has 22 heavy (non-hydrogen) atoms. The summed E-state index contributed by atoms with van der Waals surface area (Å²) in [6.07, 6.45) is 0. The van der Waals surface area contributed by atoms with E-state index in [0.29, 0.717) is 26.9 Å². The molecule has 3 rings (SSSR count). The van der Waals surface area contributed by atoms with E-state index in [-0.39, 0.29) is 18.5 Å².